The van der Waals surface area contributed by atoms with Gasteiger partial charge < -0.3 is 20.0 Å². The van der Waals surface area contributed by atoms with Gasteiger partial charge in [0.05, 0.1) is 0 Å². The number of fused-ring (bicyclic) bond motifs is 1. The first kappa shape index (κ1) is 19.5. The van der Waals surface area contributed by atoms with Crippen LogP contribution >= 0.6 is 0 Å². The number of carbonyl (C=O) groups is 2. The third-order valence-electron chi connectivity index (χ3n) is 4.30. The van der Waals surface area contributed by atoms with Gasteiger partial charge in [-0.05, 0) is 18.0 Å². The van der Waals surface area contributed by atoms with Crippen LogP contribution in [0.1, 0.15) is 6.92 Å². The van der Waals surface area contributed by atoms with Crippen molar-refractivity contribution in [3.8, 4) is 0 Å². The molecule has 26 heavy (non-hydrogen) atoms. The highest BCUT2D eigenvalue weighted by Crippen LogP contribution is 2.27. The summed E-state index contributed by atoms with van der Waals surface area (Å²) in [7, 11) is 0. The fraction of sp³-hybridized carbons (Fsp3) is 0.300. The molecule has 0 saturated carbocycles. The third kappa shape index (κ3) is 5.60. The molecule has 2 aromatic carbocycles. The SMILES string of the molecule is CCN1CCN(c2cccc3ccccc23)CC1.O=C(O)/C=C\C(=O)O. The lowest BCUT2D eigenvalue weighted by atomic mass is 10.1. The van der Waals surface area contributed by atoms with Crippen molar-refractivity contribution >= 4 is 28.4 Å². The first-order valence-corrected chi connectivity index (χ1v) is 8.60. The van der Waals surface area contributed by atoms with Gasteiger partial charge in [-0.15, -0.1) is 0 Å². The Hall–Kier alpha value is -2.86. The molecule has 1 aliphatic heterocycles. The van der Waals surface area contributed by atoms with Crippen molar-refractivity contribution in [2.75, 3.05) is 37.6 Å². The van der Waals surface area contributed by atoms with Crippen LogP contribution < -0.4 is 4.90 Å². The van der Waals surface area contributed by atoms with Crippen molar-refractivity contribution in [3.05, 3.63) is 54.6 Å². The molecule has 6 heteroatoms. The van der Waals surface area contributed by atoms with E-state index in [0.717, 1.165) is 13.1 Å². The Morgan fingerprint density at radius 1 is 0.923 bits per heavy atom. The van der Waals surface area contributed by atoms with Gasteiger partial charge in [0.2, 0.25) is 0 Å². The molecule has 0 amide bonds. The van der Waals surface area contributed by atoms with Crippen LogP contribution in [0.2, 0.25) is 0 Å². The molecule has 0 bridgehead atoms. The molecule has 2 aromatic rings. The van der Waals surface area contributed by atoms with Crippen LogP contribution in [0.15, 0.2) is 54.6 Å². The number of hydrogen-bond acceptors (Lipinski definition) is 4. The molecule has 0 aromatic heterocycles. The molecule has 2 N–H and O–H groups in total. The fourth-order valence-corrected chi connectivity index (χ4v) is 2.93. The van der Waals surface area contributed by atoms with Crippen molar-refractivity contribution in [1.82, 2.24) is 4.90 Å². The highest BCUT2D eigenvalue weighted by Gasteiger charge is 2.16. The maximum atomic E-state index is 9.55. The first-order valence-electron chi connectivity index (χ1n) is 8.60. The van der Waals surface area contributed by atoms with Crippen LogP contribution in [0.5, 0.6) is 0 Å². The van der Waals surface area contributed by atoms with Crippen LogP contribution in [-0.2, 0) is 9.59 Å². The summed E-state index contributed by atoms with van der Waals surface area (Å²) in [5, 5.41) is 18.3. The molecule has 0 radical (unpaired) electrons. The molecule has 1 saturated heterocycles. The van der Waals surface area contributed by atoms with Crippen molar-refractivity contribution in [2.45, 2.75) is 6.92 Å². The summed E-state index contributed by atoms with van der Waals surface area (Å²) < 4.78 is 0. The zero-order valence-corrected chi connectivity index (χ0v) is 14.8. The molecule has 0 aliphatic carbocycles. The van der Waals surface area contributed by atoms with Crippen LogP contribution in [0.4, 0.5) is 5.69 Å². The average Bonchev–Trinajstić information content (AvgIpc) is 2.66. The van der Waals surface area contributed by atoms with Crippen LogP contribution in [0.25, 0.3) is 10.8 Å². The Labute approximate surface area is 153 Å². The molecule has 6 nitrogen and oxygen atoms in total. The minimum Gasteiger partial charge on any atom is -0.478 e. The number of rotatable bonds is 4. The summed E-state index contributed by atoms with van der Waals surface area (Å²) in [6, 6.07) is 15.3. The predicted molar refractivity (Wildman–Crippen MR) is 103 cm³/mol. The summed E-state index contributed by atoms with van der Waals surface area (Å²) in [6.45, 7) is 8.06. The van der Waals surface area contributed by atoms with Gasteiger partial charge in [-0.25, -0.2) is 9.59 Å². The van der Waals surface area contributed by atoms with Gasteiger partial charge in [0.25, 0.3) is 0 Å². The zero-order valence-electron chi connectivity index (χ0n) is 14.8. The minimum atomic E-state index is -1.26. The maximum absolute atomic E-state index is 9.55. The minimum absolute atomic E-state index is 0.558. The second-order valence-corrected chi connectivity index (χ2v) is 5.93. The standard InChI is InChI=1S/C16H20N2.C4H4O4/c1-2-17-10-12-18(13-11-17)16-9-5-7-14-6-3-4-8-15(14)16;5-3(6)1-2-4(7)8/h3-9H,2,10-13H2,1H3;1-2H,(H,5,6)(H,7,8)/b;2-1-. The normalized spacial score (nSPS) is 14.9. The van der Waals surface area contributed by atoms with Gasteiger partial charge in [0.15, 0.2) is 0 Å². The van der Waals surface area contributed by atoms with E-state index in [-0.39, 0.29) is 0 Å². The third-order valence-corrected chi connectivity index (χ3v) is 4.30. The van der Waals surface area contributed by atoms with E-state index >= 15 is 0 Å². The number of carboxylic acids is 2. The lowest BCUT2D eigenvalue weighted by molar-refractivity contribution is -0.134. The number of piperazine rings is 1. The second kappa shape index (κ2) is 9.58. The van der Waals surface area contributed by atoms with Gasteiger partial charge in [-0.3, -0.25) is 0 Å². The summed E-state index contributed by atoms with van der Waals surface area (Å²) in [4.78, 5) is 24.1. The molecule has 0 atom stereocenters. The van der Waals surface area contributed by atoms with E-state index < -0.39 is 11.9 Å². The Balaban J connectivity index is 0.000000260. The molecule has 3 rings (SSSR count). The summed E-state index contributed by atoms with van der Waals surface area (Å²) in [5.74, 6) is -2.51. The van der Waals surface area contributed by atoms with Crippen molar-refractivity contribution in [2.24, 2.45) is 0 Å². The van der Waals surface area contributed by atoms with Crippen LogP contribution in [0, 0.1) is 0 Å². The number of likely N-dealkylation sites (N-methyl/N-ethyl adjacent to an activating group) is 1. The van der Waals surface area contributed by atoms with E-state index in [1.54, 1.807) is 0 Å². The van der Waals surface area contributed by atoms with E-state index in [1.165, 1.54) is 36.1 Å². The second-order valence-electron chi connectivity index (χ2n) is 5.93. The summed E-state index contributed by atoms with van der Waals surface area (Å²) >= 11 is 0. The lowest BCUT2D eigenvalue weighted by Gasteiger charge is -2.36. The van der Waals surface area contributed by atoms with E-state index in [1.807, 2.05) is 0 Å². The number of aliphatic carboxylic acids is 2. The van der Waals surface area contributed by atoms with Crippen LogP contribution in [-0.4, -0.2) is 59.8 Å². The molecule has 0 spiro atoms. The maximum Gasteiger partial charge on any atom is 0.328 e. The van der Waals surface area contributed by atoms with Gasteiger partial charge in [-0.2, -0.15) is 0 Å². The predicted octanol–water partition coefficient (Wildman–Crippen LogP) is 2.69. The number of hydrogen-bond donors (Lipinski definition) is 2. The average molecular weight is 356 g/mol. The molecule has 1 fully saturated rings. The summed E-state index contributed by atoms with van der Waals surface area (Å²) in [6.07, 6.45) is 1.12. The largest absolute Gasteiger partial charge is 0.478 e. The Kier molecular flexibility index (Phi) is 7.17. The lowest BCUT2D eigenvalue weighted by Crippen LogP contribution is -2.46. The monoisotopic (exact) mass is 356 g/mol. The van der Waals surface area contributed by atoms with Crippen molar-refractivity contribution < 1.29 is 19.8 Å². The van der Waals surface area contributed by atoms with Gasteiger partial charge in [0, 0.05) is 49.4 Å². The Morgan fingerprint density at radius 2 is 1.50 bits per heavy atom. The summed E-state index contributed by atoms with van der Waals surface area (Å²) in [5.41, 5.74) is 1.39. The number of carboxylic acid groups (broad SMARTS) is 2. The van der Waals surface area contributed by atoms with Gasteiger partial charge in [-0.1, -0.05) is 43.3 Å². The topological polar surface area (TPSA) is 81.1 Å². The highest BCUT2D eigenvalue weighted by molar-refractivity contribution is 5.94. The number of nitrogens with zero attached hydrogens (tertiary/aromatic N) is 2. The van der Waals surface area contributed by atoms with Gasteiger partial charge >= 0.3 is 11.9 Å². The molecule has 1 aliphatic rings. The first-order chi connectivity index (χ1) is 12.5. The van der Waals surface area contributed by atoms with Gasteiger partial charge in [0.1, 0.15) is 0 Å². The molecule has 0 unspecified atom stereocenters. The molecular weight excluding hydrogens is 332 g/mol. The quantitative estimate of drug-likeness (QED) is 0.820. The molecule has 138 valence electrons. The number of benzene rings is 2. The van der Waals surface area contributed by atoms with Crippen molar-refractivity contribution in [1.29, 1.82) is 0 Å². The zero-order chi connectivity index (χ0) is 18.9. The van der Waals surface area contributed by atoms with Crippen molar-refractivity contribution in [3.63, 3.8) is 0 Å². The highest BCUT2D eigenvalue weighted by atomic mass is 16.4. The Bertz CT molecular complexity index is 759. The molecule has 1 heterocycles. The van der Waals surface area contributed by atoms with E-state index in [2.05, 4.69) is 59.2 Å². The fourth-order valence-electron chi connectivity index (χ4n) is 2.93. The Morgan fingerprint density at radius 3 is 2.08 bits per heavy atom. The van der Waals surface area contributed by atoms with Crippen LogP contribution in [0.3, 0.4) is 0 Å². The molecular formula is C20H24N2O4. The smallest absolute Gasteiger partial charge is 0.328 e. The number of anilines is 1. The van der Waals surface area contributed by atoms with E-state index in [0.29, 0.717) is 12.2 Å². The van der Waals surface area contributed by atoms with E-state index in [9.17, 15) is 9.59 Å². The van der Waals surface area contributed by atoms with E-state index in [4.69, 9.17) is 10.2 Å².